The van der Waals surface area contributed by atoms with Crippen molar-refractivity contribution in [2.45, 2.75) is 6.92 Å². The van der Waals surface area contributed by atoms with Crippen LogP contribution in [-0.2, 0) is 0 Å². The lowest BCUT2D eigenvalue weighted by Crippen LogP contribution is -2.17. The lowest BCUT2D eigenvalue weighted by atomic mass is 10.1. The molecule has 0 aromatic heterocycles. The molecule has 0 aliphatic heterocycles. The fraction of sp³-hybridized carbons (Fsp3) is 0.133. The molecule has 0 spiro atoms. The van der Waals surface area contributed by atoms with Crippen LogP contribution in [0.25, 0.3) is 0 Å². The number of aryl methyl sites for hydroxylation is 1. The van der Waals surface area contributed by atoms with Gasteiger partial charge in [-0.1, -0.05) is 17.7 Å². The zero-order valence-electron chi connectivity index (χ0n) is 10.9. The number of nitrogen functional groups attached to an aromatic ring is 1. The molecule has 3 N–H and O–H groups in total. The maximum Gasteiger partial charge on any atom is 0.251 e. The van der Waals surface area contributed by atoms with E-state index in [1.807, 2.05) is 31.2 Å². The van der Waals surface area contributed by atoms with Gasteiger partial charge in [0.1, 0.15) is 11.5 Å². The summed E-state index contributed by atoms with van der Waals surface area (Å²) >= 11 is 0. The SMILES string of the molecule is CNC(=O)c1ccc(Oc2ccc(C)cc2)c(N)c1. The molecule has 98 valence electrons. The minimum Gasteiger partial charge on any atom is -0.455 e. The van der Waals surface area contributed by atoms with E-state index < -0.39 is 0 Å². The number of ether oxygens (including phenoxy) is 1. The van der Waals surface area contributed by atoms with Crippen LogP contribution in [-0.4, -0.2) is 13.0 Å². The Kier molecular flexibility index (Phi) is 3.71. The molecule has 2 aromatic rings. The van der Waals surface area contributed by atoms with Crippen LogP contribution < -0.4 is 15.8 Å². The van der Waals surface area contributed by atoms with Gasteiger partial charge in [-0.2, -0.15) is 0 Å². The molecule has 0 saturated heterocycles. The molecule has 4 heteroatoms. The lowest BCUT2D eigenvalue weighted by Gasteiger charge is -2.10. The van der Waals surface area contributed by atoms with E-state index in [1.165, 1.54) is 0 Å². The van der Waals surface area contributed by atoms with Crippen LogP contribution in [0, 0.1) is 6.92 Å². The first-order valence-corrected chi connectivity index (χ1v) is 5.96. The van der Waals surface area contributed by atoms with Crippen LogP contribution in [0.1, 0.15) is 15.9 Å². The zero-order chi connectivity index (χ0) is 13.8. The van der Waals surface area contributed by atoms with Crippen LogP contribution in [0.2, 0.25) is 0 Å². The third kappa shape index (κ3) is 3.04. The van der Waals surface area contributed by atoms with Crippen LogP contribution in [0.15, 0.2) is 42.5 Å². The monoisotopic (exact) mass is 256 g/mol. The molecule has 0 bridgehead atoms. The first-order valence-electron chi connectivity index (χ1n) is 5.96. The molecule has 0 fully saturated rings. The van der Waals surface area contributed by atoms with Gasteiger partial charge in [0.2, 0.25) is 0 Å². The summed E-state index contributed by atoms with van der Waals surface area (Å²) in [5.41, 5.74) is 7.99. The number of carbonyl (C=O) groups is 1. The van der Waals surface area contributed by atoms with Crippen LogP contribution in [0.4, 0.5) is 5.69 Å². The number of anilines is 1. The fourth-order valence-electron chi connectivity index (χ4n) is 1.66. The number of amides is 1. The van der Waals surface area contributed by atoms with Crippen LogP contribution in [0.5, 0.6) is 11.5 Å². The van der Waals surface area contributed by atoms with Gasteiger partial charge in [0, 0.05) is 12.6 Å². The average molecular weight is 256 g/mol. The highest BCUT2D eigenvalue weighted by Gasteiger charge is 2.07. The van der Waals surface area contributed by atoms with Gasteiger partial charge in [-0.15, -0.1) is 0 Å². The van der Waals surface area contributed by atoms with Crippen molar-refractivity contribution in [3.8, 4) is 11.5 Å². The van der Waals surface area contributed by atoms with Gasteiger partial charge in [0.05, 0.1) is 5.69 Å². The van der Waals surface area contributed by atoms with Crippen molar-refractivity contribution in [3.63, 3.8) is 0 Å². The molecule has 2 rings (SSSR count). The third-order valence-electron chi connectivity index (χ3n) is 2.75. The van der Waals surface area contributed by atoms with Crippen molar-refractivity contribution >= 4 is 11.6 Å². The second-order valence-electron chi connectivity index (χ2n) is 4.25. The van der Waals surface area contributed by atoms with E-state index in [1.54, 1.807) is 25.2 Å². The summed E-state index contributed by atoms with van der Waals surface area (Å²) in [5.74, 6) is 1.08. The van der Waals surface area contributed by atoms with E-state index in [0.717, 1.165) is 5.56 Å². The highest BCUT2D eigenvalue weighted by Crippen LogP contribution is 2.28. The second kappa shape index (κ2) is 5.44. The first-order chi connectivity index (χ1) is 9.10. The number of carbonyl (C=O) groups excluding carboxylic acids is 1. The molecule has 0 radical (unpaired) electrons. The summed E-state index contributed by atoms with van der Waals surface area (Å²) in [5, 5.41) is 2.55. The van der Waals surface area contributed by atoms with E-state index in [-0.39, 0.29) is 5.91 Å². The number of hydrogen-bond acceptors (Lipinski definition) is 3. The van der Waals surface area contributed by atoms with E-state index in [0.29, 0.717) is 22.7 Å². The van der Waals surface area contributed by atoms with Gasteiger partial charge in [0.15, 0.2) is 0 Å². The van der Waals surface area contributed by atoms with Crippen molar-refractivity contribution in [1.29, 1.82) is 0 Å². The number of hydrogen-bond donors (Lipinski definition) is 2. The standard InChI is InChI=1S/C15H16N2O2/c1-10-3-6-12(7-4-10)19-14-8-5-11(9-13(14)16)15(18)17-2/h3-9H,16H2,1-2H3,(H,17,18). The van der Waals surface area contributed by atoms with Crippen molar-refractivity contribution in [2.75, 3.05) is 12.8 Å². The predicted octanol–water partition coefficient (Wildman–Crippen LogP) is 2.73. The van der Waals surface area contributed by atoms with Crippen LogP contribution in [0.3, 0.4) is 0 Å². The van der Waals surface area contributed by atoms with Crippen molar-refractivity contribution < 1.29 is 9.53 Å². The summed E-state index contributed by atoms with van der Waals surface area (Å²) in [7, 11) is 1.58. The van der Waals surface area contributed by atoms with Gasteiger partial charge < -0.3 is 15.8 Å². The molecule has 19 heavy (non-hydrogen) atoms. The number of rotatable bonds is 3. The smallest absolute Gasteiger partial charge is 0.251 e. The number of nitrogens with two attached hydrogens (primary N) is 1. The summed E-state index contributed by atoms with van der Waals surface area (Å²) in [6.07, 6.45) is 0. The maximum absolute atomic E-state index is 11.5. The van der Waals surface area contributed by atoms with Crippen molar-refractivity contribution in [2.24, 2.45) is 0 Å². The van der Waals surface area contributed by atoms with Gasteiger partial charge in [0.25, 0.3) is 5.91 Å². The lowest BCUT2D eigenvalue weighted by molar-refractivity contribution is 0.0963. The summed E-state index contributed by atoms with van der Waals surface area (Å²) < 4.78 is 5.68. The van der Waals surface area contributed by atoms with Gasteiger partial charge in [-0.3, -0.25) is 4.79 Å². The Hall–Kier alpha value is -2.49. The quantitative estimate of drug-likeness (QED) is 0.830. The molecular weight excluding hydrogens is 240 g/mol. The topological polar surface area (TPSA) is 64.3 Å². The normalized spacial score (nSPS) is 10.0. The minimum atomic E-state index is -0.173. The third-order valence-corrected chi connectivity index (χ3v) is 2.75. The molecule has 0 aliphatic carbocycles. The largest absolute Gasteiger partial charge is 0.455 e. The second-order valence-corrected chi connectivity index (χ2v) is 4.25. The predicted molar refractivity (Wildman–Crippen MR) is 75.5 cm³/mol. The molecule has 0 aliphatic rings. The van der Waals surface area contributed by atoms with Gasteiger partial charge in [-0.05, 0) is 37.3 Å². The summed E-state index contributed by atoms with van der Waals surface area (Å²) in [4.78, 5) is 11.5. The minimum absolute atomic E-state index is 0.173. The van der Waals surface area contributed by atoms with E-state index in [2.05, 4.69) is 5.32 Å². The van der Waals surface area contributed by atoms with E-state index >= 15 is 0 Å². The Morgan fingerprint density at radius 3 is 2.42 bits per heavy atom. The average Bonchev–Trinajstić information content (AvgIpc) is 2.42. The maximum atomic E-state index is 11.5. The molecule has 0 unspecified atom stereocenters. The van der Waals surface area contributed by atoms with E-state index in [4.69, 9.17) is 10.5 Å². The number of nitrogens with one attached hydrogen (secondary N) is 1. The highest BCUT2D eigenvalue weighted by atomic mass is 16.5. The molecule has 1 amide bonds. The Morgan fingerprint density at radius 2 is 1.84 bits per heavy atom. The Morgan fingerprint density at radius 1 is 1.16 bits per heavy atom. The molecule has 0 heterocycles. The molecule has 0 atom stereocenters. The Labute approximate surface area is 112 Å². The van der Waals surface area contributed by atoms with Gasteiger partial charge >= 0.3 is 0 Å². The van der Waals surface area contributed by atoms with E-state index in [9.17, 15) is 4.79 Å². The Balaban J connectivity index is 2.22. The van der Waals surface area contributed by atoms with Gasteiger partial charge in [-0.25, -0.2) is 0 Å². The molecule has 2 aromatic carbocycles. The first kappa shape index (κ1) is 13.0. The van der Waals surface area contributed by atoms with Crippen molar-refractivity contribution in [1.82, 2.24) is 5.32 Å². The molecular formula is C15H16N2O2. The fourth-order valence-corrected chi connectivity index (χ4v) is 1.66. The molecule has 4 nitrogen and oxygen atoms in total. The highest BCUT2D eigenvalue weighted by molar-refractivity contribution is 5.95. The number of benzene rings is 2. The van der Waals surface area contributed by atoms with Crippen molar-refractivity contribution in [3.05, 3.63) is 53.6 Å². The summed E-state index contributed by atoms with van der Waals surface area (Å²) in [6, 6.07) is 12.7. The molecule has 0 saturated carbocycles. The zero-order valence-corrected chi connectivity index (χ0v) is 10.9. The Bertz CT molecular complexity index is 592. The summed E-state index contributed by atoms with van der Waals surface area (Å²) in [6.45, 7) is 2.01. The van der Waals surface area contributed by atoms with Crippen LogP contribution >= 0.6 is 0 Å².